The molecule has 1 aromatic rings. The SMILES string of the molecule is CC1CN(c2ccccc2[C@@H](C)O)CC(C)N1C. The Labute approximate surface area is 110 Å². The molecule has 1 fully saturated rings. The van der Waals surface area contributed by atoms with Crippen LogP contribution >= 0.6 is 0 Å². The summed E-state index contributed by atoms with van der Waals surface area (Å²) in [5.41, 5.74) is 2.21. The monoisotopic (exact) mass is 248 g/mol. The normalized spacial score (nSPS) is 27.3. The number of anilines is 1. The number of piperazine rings is 1. The van der Waals surface area contributed by atoms with E-state index >= 15 is 0 Å². The van der Waals surface area contributed by atoms with E-state index in [9.17, 15) is 5.11 Å². The molecule has 0 radical (unpaired) electrons. The van der Waals surface area contributed by atoms with Crippen LogP contribution in [0, 0.1) is 0 Å². The van der Waals surface area contributed by atoms with E-state index in [-0.39, 0.29) is 0 Å². The Morgan fingerprint density at radius 3 is 2.28 bits per heavy atom. The van der Waals surface area contributed by atoms with Gasteiger partial charge in [-0.1, -0.05) is 18.2 Å². The van der Waals surface area contributed by atoms with Crippen LogP contribution in [-0.4, -0.2) is 42.2 Å². The molecule has 18 heavy (non-hydrogen) atoms. The lowest BCUT2D eigenvalue weighted by atomic mass is 10.0. The number of para-hydroxylation sites is 1. The summed E-state index contributed by atoms with van der Waals surface area (Å²) in [5.74, 6) is 0. The molecule has 3 heteroatoms. The summed E-state index contributed by atoms with van der Waals surface area (Å²) < 4.78 is 0. The fourth-order valence-electron chi connectivity index (χ4n) is 2.73. The van der Waals surface area contributed by atoms with Gasteiger partial charge in [-0.2, -0.15) is 0 Å². The highest BCUT2D eigenvalue weighted by atomic mass is 16.3. The van der Waals surface area contributed by atoms with Crippen LogP contribution < -0.4 is 4.90 Å². The standard InChI is InChI=1S/C15H24N2O/c1-11-9-17(10-12(2)16(11)4)15-8-6-5-7-14(15)13(3)18/h5-8,11-13,18H,9-10H2,1-4H3/t11?,12?,13-/m1/s1. The third-order valence-electron chi connectivity index (χ3n) is 4.09. The second kappa shape index (κ2) is 5.29. The lowest BCUT2D eigenvalue weighted by molar-refractivity contribution is 0.168. The van der Waals surface area contributed by atoms with Crippen molar-refractivity contribution in [2.45, 2.75) is 39.0 Å². The number of hydrogen-bond acceptors (Lipinski definition) is 3. The van der Waals surface area contributed by atoms with Gasteiger partial charge in [0.25, 0.3) is 0 Å². The van der Waals surface area contributed by atoms with Gasteiger partial charge in [0.1, 0.15) is 0 Å². The van der Waals surface area contributed by atoms with Gasteiger partial charge in [-0.25, -0.2) is 0 Å². The molecule has 0 saturated carbocycles. The zero-order chi connectivity index (χ0) is 13.3. The lowest BCUT2D eigenvalue weighted by Gasteiger charge is -2.44. The Balaban J connectivity index is 2.27. The van der Waals surface area contributed by atoms with Crippen molar-refractivity contribution in [2.24, 2.45) is 0 Å². The lowest BCUT2D eigenvalue weighted by Crippen LogP contribution is -2.55. The number of likely N-dealkylation sites (N-methyl/N-ethyl adjacent to an activating group) is 1. The van der Waals surface area contributed by atoms with Gasteiger partial charge >= 0.3 is 0 Å². The van der Waals surface area contributed by atoms with E-state index in [1.807, 2.05) is 19.1 Å². The Bertz CT molecular complexity index is 393. The van der Waals surface area contributed by atoms with E-state index in [0.717, 1.165) is 18.7 Å². The van der Waals surface area contributed by atoms with Crippen molar-refractivity contribution in [3.63, 3.8) is 0 Å². The van der Waals surface area contributed by atoms with Crippen LogP contribution in [0.5, 0.6) is 0 Å². The van der Waals surface area contributed by atoms with Crippen LogP contribution in [0.4, 0.5) is 5.69 Å². The first-order valence-corrected chi connectivity index (χ1v) is 6.74. The minimum Gasteiger partial charge on any atom is -0.389 e. The fourth-order valence-corrected chi connectivity index (χ4v) is 2.73. The van der Waals surface area contributed by atoms with Gasteiger partial charge in [0, 0.05) is 36.4 Å². The summed E-state index contributed by atoms with van der Waals surface area (Å²) in [6.07, 6.45) is -0.411. The summed E-state index contributed by atoms with van der Waals surface area (Å²) >= 11 is 0. The summed E-state index contributed by atoms with van der Waals surface area (Å²) in [6, 6.07) is 9.26. The van der Waals surface area contributed by atoms with E-state index in [1.165, 1.54) is 5.69 Å². The number of rotatable bonds is 2. The maximum absolute atomic E-state index is 9.88. The molecule has 1 N–H and O–H groups in total. The first kappa shape index (κ1) is 13.4. The molecule has 2 rings (SSSR count). The van der Waals surface area contributed by atoms with E-state index < -0.39 is 6.10 Å². The van der Waals surface area contributed by atoms with Crippen molar-refractivity contribution in [3.8, 4) is 0 Å². The number of nitrogens with zero attached hydrogens (tertiary/aromatic N) is 2. The van der Waals surface area contributed by atoms with Gasteiger partial charge in [-0.15, -0.1) is 0 Å². The number of benzene rings is 1. The highest BCUT2D eigenvalue weighted by Crippen LogP contribution is 2.28. The zero-order valence-electron chi connectivity index (χ0n) is 11.8. The Morgan fingerprint density at radius 1 is 1.17 bits per heavy atom. The Kier molecular flexibility index (Phi) is 3.93. The maximum atomic E-state index is 9.88. The highest BCUT2D eigenvalue weighted by molar-refractivity contribution is 5.55. The zero-order valence-corrected chi connectivity index (χ0v) is 11.8. The summed E-state index contributed by atoms with van der Waals surface area (Å²) in [5, 5.41) is 9.88. The molecule has 0 spiro atoms. The fraction of sp³-hybridized carbons (Fsp3) is 0.600. The molecule has 100 valence electrons. The first-order valence-electron chi connectivity index (χ1n) is 6.74. The van der Waals surface area contributed by atoms with Gasteiger partial charge in [-0.3, -0.25) is 4.90 Å². The van der Waals surface area contributed by atoms with Gasteiger partial charge in [0.15, 0.2) is 0 Å². The molecule has 1 heterocycles. The average Bonchev–Trinajstić information content (AvgIpc) is 2.35. The first-order chi connectivity index (χ1) is 8.50. The van der Waals surface area contributed by atoms with Gasteiger partial charge in [-0.05, 0) is 33.9 Å². The van der Waals surface area contributed by atoms with E-state index in [0.29, 0.717) is 12.1 Å². The Hall–Kier alpha value is -1.06. The topological polar surface area (TPSA) is 26.7 Å². The molecule has 0 aromatic heterocycles. The van der Waals surface area contributed by atoms with Gasteiger partial charge in [0.05, 0.1) is 6.10 Å². The van der Waals surface area contributed by atoms with E-state index in [2.05, 4.69) is 42.8 Å². The van der Waals surface area contributed by atoms with Crippen molar-refractivity contribution in [1.82, 2.24) is 4.90 Å². The van der Waals surface area contributed by atoms with Gasteiger partial charge < -0.3 is 10.0 Å². The van der Waals surface area contributed by atoms with Crippen molar-refractivity contribution >= 4 is 5.69 Å². The third kappa shape index (κ3) is 2.52. The smallest absolute Gasteiger partial charge is 0.0781 e. The van der Waals surface area contributed by atoms with Crippen LogP contribution in [0.1, 0.15) is 32.4 Å². The summed E-state index contributed by atoms with van der Waals surface area (Å²) in [4.78, 5) is 4.82. The van der Waals surface area contributed by atoms with Crippen LogP contribution in [0.3, 0.4) is 0 Å². The predicted octanol–water partition coefficient (Wildman–Crippen LogP) is 2.27. The van der Waals surface area contributed by atoms with Crippen molar-refractivity contribution < 1.29 is 5.11 Å². The van der Waals surface area contributed by atoms with Crippen molar-refractivity contribution in [3.05, 3.63) is 29.8 Å². The van der Waals surface area contributed by atoms with E-state index in [1.54, 1.807) is 0 Å². The molecule has 1 aliphatic rings. The second-order valence-corrected chi connectivity index (χ2v) is 5.50. The molecule has 1 saturated heterocycles. The van der Waals surface area contributed by atoms with Crippen LogP contribution in [0.2, 0.25) is 0 Å². The largest absolute Gasteiger partial charge is 0.389 e. The molecule has 1 aliphatic heterocycles. The van der Waals surface area contributed by atoms with Crippen LogP contribution in [0.15, 0.2) is 24.3 Å². The predicted molar refractivity (Wildman–Crippen MR) is 76.0 cm³/mol. The van der Waals surface area contributed by atoms with Crippen molar-refractivity contribution in [1.29, 1.82) is 0 Å². The molecule has 3 nitrogen and oxygen atoms in total. The molecular weight excluding hydrogens is 224 g/mol. The summed E-state index contributed by atoms with van der Waals surface area (Å²) in [6.45, 7) is 8.39. The molecule has 1 aromatic carbocycles. The maximum Gasteiger partial charge on any atom is 0.0781 e. The van der Waals surface area contributed by atoms with E-state index in [4.69, 9.17) is 0 Å². The summed E-state index contributed by atoms with van der Waals surface area (Å²) in [7, 11) is 2.19. The number of hydrogen-bond donors (Lipinski definition) is 1. The van der Waals surface area contributed by atoms with Crippen LogP contribution in [-0.2, 0) is 0 Å². The van der Waals surface area contributed by atoms with Gasteiger partial charge in [0.2, 0.25) is 0 Å². The third-order valence-corrected chi connectivity index (χ3v) is 4.09. The molecule has 0 aliphatic carbocycles. The highest BCUT2D eigenvalue weighted by Gasteiger charge is 2.27. The molecule has 0 bridgehead atoms. The number of aliphatic hydroxyl groups excluding tert-OH is 1. The minimum atomic E-state index is -0.411. The van der Waals surface area contributed by atoms with Crippen molar-refractivity contribution in [2.75, 3.05) is 25.0 Å². The Morgan fingerprint density at radius 2 is 1.72 bits per heavy atom. The molecular formula is C15H24N2O. The minimum absolute atomic E-state index is 0.411. The average molecular weight is 248 g/mol. The van der Waals surface area contributed by atoms with Crippen LogP contribution in [0.25, 0.3) is 0 Å². The second-order valence-electron chi connectivity index (χ2n) is 5.50. The number of aliphatic hydroxyl groups is 1. The molecule has 3 atom stereocenters. The molecule has 2 unspecified atom stereocenters. The molecule has 0 amide bonds. The quantitative estimate of drug-likeness (QED) is 0.870.